The number of fused-ring (bicyclic) bond motifs is 1. The molecular formula is C14H15BrN2O2S2. The van der Waals surface area contributed by atoms with Gasteiger partial charge < -0.3 is 10.0 Å². The van der Waals surface area contributed by atoms with E-state index in [9.17, 15) is 9.90 Å². The van der Waals surface area contributed by atoms with Crippen LogP contribution in [0.3, 0.4) is 0 Å². The molecule has 1 N–H and O–H groups in total. The molecule has 2 aromatic rings. The lowest BCUT2D eigenvalue weighted by Crippen LogP contribution is -2.18. The van der Waals surface area contributed by atoms with Crippen molar-refractivity contribution in [3.05, 3.63) is 31.4 Å². The number of hydrogen-bond acceptors (Lipinski definition) is 5. The number of nitrogens with zero attached hydrogens (tertiary/aromatic N) is 2. The van der Waals surface area contributed by atoms with E-state index in [2.05, 4.69) is 37.3 Å². The van der Waals surface area contributed by atoms with Crippen LogP contribution in [0.15, 0.2) is 15.9 Å². The lowest BCUT2D eigenvalue weighted by molar-refractivity contribution is -0.139. The van der Waals surface area contributed by atoms with Crippen LogP contribution < -0.4 is 4.90 Å². The number of aromatic nitrogens is 1. The summed E-state index contributed by atoms with van der Waals surface area (Å²) in [4.78, 5) is 20.4. The molecule has 0 saturated heterocycles. The maximum atomic E-state index is 11.3. The highest BCUT2D eigenvalue weighted by molar-refractivity contribution is 9.10. The Hall–Kier alpha value is -0.920. The van der Waals surface area contributed by atoms with Gasteiger partial charge in [0.25, 0.3) is 0 Å². The van der Waals surface area contributed by atoms with Crippen LogP contribution in [0.5, 0.6) is 0 Å². The van der Waals surface area contributed by atoms with Gasteiger partial charge in [-0.2, -0.15) is 0 Å². The lowest BCUT2D eigenvalue weighted by atomic mass is 9.91. The zero-order valence-corrected chi connectivity index (χ0v) is 14.7. The van der Waals surface area contributed by atoms with E-state index in [1.807, 2.05) is 7.05 Å². The van der Waals surface area contributed by atoms with Gasteiger partial charge in [0.05, 0.1) is 12.2 Å². The number of carboxylic acids is 1. The molecule has 0 spiro atoms. The van der Waals surface area contributed by atoms with E-state index in [0.29, 0.717) is 6.42 Å². The molecule has 7 heteroatoms. The Kier molecular flexibility index (Phi) is 4.33. The van der Waals surface area contributed by atoms with Gasteiger partial charge in [-0.15, -0.1) is 22.7 Å². The van der Waals surface area contributed by atoms with Crippen LogP contribution in [0.25, 0.3) is 0 Å². The molecule has 112 valence electrons. The molecule has 0 aromatic carbocycles. The summed E-state index contributed by atoms with van der Waals surface area (Å²) in [6.07, 6.45) is 2.59. The zero-order valence-electron chi connectivity index (χ0n) is 11.5. The Morgan fingerprint density at radius 1 is 1.62 bits per heavy atom. The minimum Gasteiger partial charge on any atom is -0.481 e. The molecule has 1 aliphatic rings. The molecule has 0 radical (unpaired) electrons. The van der Waals surface area contributed by atoms with Crippen molar-refractivity contribution in [1.82, 2.24) is 4.98 Å². The lowest BCUT2D eigenvalue weighted by Gasteiger charge is -2.16. The van der Waals surface area contributed by atoms with E-state index in [1.54, 1.807) is 22.7 Å². The first-order valence-corrected chi connectivity index (χ1v) is 9.20. The summed E-state index contributed by atoms with van der Waals surface area (Å²) in [7, 11) is 2.01. The number of rotatable bonds is 4. The van der Waals surface area contributed by atoms with Crippen molar-refractivity contribution in [2.24, 2.45) is 0 Å². The van der Waals surface area contributed by atoms with Crippen LogP contribution in [0.4, 0.5) is 5.13 Å². The fraction of sp³-hybridized carbons (Fsp3) is 0.429. The molecule has 1 unspecified atom stereocenters. The van der Waals surface area contributed by atoms with Crippen LogP contribution >= 0.6 is 38.6 Å². The van der Waals surface area contributed by atoms with Crippen molar-refractivity contribution in [2.75, 3.05) is 11.9 Å². The van der Waals surface area contributed by atoms with Crippen LogP contribution in [0.2, 0.25) is 0 Å². The summed E-state index contributed by atoms with van der Waals surface area (Å²) >= 11 is 6.80. The van der Waals surface area contributed by atoms with E-state index >= 15 is 0 Å². The fourth-order valence-electron chi connectivity index (χ4n) is 2.55. The number of hydrogen-bond donors (Lipinski definition) is 1. The molecular weight excluding hydrogens is 372 g/mol. The fourth-order valence-corrected chi connectivity index (χ4v) is 5.17. The van der Waals surface area contributed by atoms with Crippen LogP contribution in [0.1, 0.15) is 34.2 Å². The molecule has 0 bridgehead atoms. The van der Waals surface area contributed by atoms with Gasteiger partial charge in [0.2, 0.25) is 0 Å². The van der Waals surface area contributed by atoms with Gasteiger partial charge in [0.15, 0.2) is 5.13 Å². The predicted octanol–water partition coefficient (Wildman–Crippen LogP) is 4.11. The zero-order chi connectivity index (χ0) is 15.0. The van der Waals surface area contributed by atoms with Crippen molar-refractivity contribution < 1.29 is 9.90 Å². The number of aryl methyl sites for hydroxylation is 1. The van der Waals surface area contributed by atoms with Crippen LogP contribution in [-0.2, 0) is 17.8 Å². The smallest absolute Gasteiger partial charge is 0.312 e. The average Bonchev–Trinajstić information content (AvgIpc) is 3.04. The second kappa shape index (κ2) is 6.06. The second-order valence-corrected chi connectivity index (χ2v) is 8.15. The van der Waals surface area contributed by atoms with Gasteiger partial charge in [-0.25, -0.2) is 4.98 Å². The molecule has 2 aromatic heterocycles. The van der Waals surface area contributed by atoms with Gasteiger partial charge in [-0.05, 0) is 41.3 Å². The Bertz CT molecular complexity index is 668. The molecule has 2 heterocycles. The molecule has 4 nitrogen and oxygen atoms in total. The predicted molar refractivity (Wildman–Crippen MR) is 89.6 cm³/mol. The third-order valence-corrected chi connectivity index (χ3v) is 6.51. The van der Waals surface area contributed by atoms with E-state index in [1.165, 1.54) is 4.88 Å². The molecule has 1 atom stereocenters. The Labute approximate surface area is 139 Å². The number of thiophene rings is 1. The number of carboxylic acid groups (broad SMARTS) is 1. The largest absolute Gasteiger partial charge is 0.481 e. The SMILES string of the molecule is CN(Cc1cc(Br)cs1)c1nc2c(s1)CCCC2C(=O)O. The van der Waals surface area contributed by atoms with E-state index in [4.69, 9.17) is 0 Å². The highest BCUT2D eigenvalue weighted by atomic mass is 79.9. The maximum Gasteiger partial charge on any atom is 0.312 e. The molecule has 3 rings (SSSR count). The summed E-state index contributed by atoms with van der Waals surface area (Å²) < 4.78 is 1.10. The van der Waals surface area contributed by atoms with Crippen molar-refractivity contribution in [2.45, 2.75) is 31.7 Å². The van der Waals surface area contributed by atoms with Gasteiger partial charge >= 0.3 is 5.97 Å². The topological polar surface area (TPSA) is 53.4 Å². The van der Waals surface area contributed by atoms with E-state index < -0.39 is 11.9 Å². The Morgan fingerprint density at radius 2 is 2.43 bits per heavy atom. The average molecular weight is 387 g/mol. The molecule has 0 saturated carbocycles. The Balaban J connectivity index is 1.81. The van der Waals surface area contributed by atoms with Crippen LogP contribution in [-0.4, -0.2) is 23.1 Å². The number of aliphatic carboxylic acids is 1. The summed E-state index contributed by atoms with van der Waals surface area (Å²) in [5.41, 5.74) is 0.785. The third-order valence-electron chi connectivity index (χ3n) is 3.58. The van der Waals surface area contributed by atoms with Gasteiger partial charge in [-0.3, -0.25) is 4.79 Å². The van der Waals surface area contributed by atoms with Gasteiger partial charge in [-0.1, -0.05) is 0 Å². The summed E-state index contributed by atoms with van der Waals surface area (Å²) in [6.45, 7) is 0.792. The number of thiazole rings is 1. The van der Waals surface area contributed by atoms with Gasteiger partial charge in [0.1, 0.15) is 5.92 Å². The quantitative estimate of drug-likeness (QED) is 0.858. The minimum absolute atomic E-state index is 0.428. The third kappa shape index (κ3) is 3.14. The first-order chi connectivity index (χ1) is 10.0. The summed E-state index contributed by atoms with van der Waals surface area (Å²) in [5.74, 6) is -1.18. The van der Waals surface area contributed by atoms with Crippen LogP contribution in [0, 0.1) is 0 Å². The first-order valence-electron chi connectivity index (χ1n) is 6.71. The molecule has 21 heavy (non-hydrogen) atoms. The second-order valence-electron chi connectivity index (χ2n) is 5.18. The van der Waals surface area contributed by atoms with E-state index in [0.717, 1.165) is 39.6 Å². The normalized spacial score (nSPS) is 17.5. The van der Waals surface area contributed by atoms with Gasteiger partial charge in [0, 0.05) is 26.7 Å². The first kappa shape index (κ1) is 15.0. The van der Waals surface area contributed by atoms with E-state index in [-0.39, 0.29) is 0 Å². The van der Waals surface area contributed by atoms with Crippen molar-refractivity contribution in [3.8, 4) is 0 Å². The number of anilines is 1. The van der Waals surface area contributed by atoms with Crippen molar-refractivity contribution in [3.63, 3.8) is 0 Å². The summed E-state index contributed by atoms with van der Waals surface area (Å²) in [5, 5.41) is 12.3. The molecule has 0 fully saturated rings. The summed E-state index contributed by atoms with van der Waals surface area (Å²) in [6, 6.07) is 2.11. The standard InChI is InChI=1S/C14H15BrN2O2S2/c1-17(6-9-5-8(15)7-20-9)14-16-12-10(13(18)19)3-2-4-11(12)21-14/h5,7,10H,2-4,6H2,1H3,(H,18,19). The minimum atomic E-state index is -0.752. The molecule has 0 amide bonds. The Morgan fingerprint density at radius 3 is 3.10 bits per heavy atom. The number of carbonyl (C=O) groups is 1. The van der Waals surface area contributed by atoms with Crippen molar-refractivity contribution in [1.29, 1.82) is 0 Å². The van der Waals surface area contributed by atoms with Crippen molar-refractivity contribution >= 4 is 49.7 Å². The highest BCUT2D eigenvalue weighted by Crippen LogP contribution is 2.38. The molecule has 1 aliphatic carbocycles. The monoisotopic (exact) mass is 386 g/mol. The number of halogens is 1. The maximum absolute atomic E-state index is 11.3. The highest BCUT2D eigenvalue weighted by Gasteiger charge is 2.30. The molecule has 0 aliphatic heterocycles.